The second kappa shape index (κ2) is 6.65. The Morgan fingerprint density at radius 1 is 1.04 bits per heavy atom. The van der Waals surface area contributed by atoms with Gasteiger partial charge in [-0.05, 0) is 55.7 Å². The Bertz CT molecular complexity index is 1010. The van der Waals surface area contributed by atoms with Crippen molar-refractivity contribution in [3.63, 3.8) is 0 Å². The number of rotatable bonds is 3. The van der Waals surface area contributed by atoms with Crippen LogP contribution in [0.4, 0.5) is 5.82 Å². The molecule has 132 valence electrons. The Morgan fingerprint density at radius 3 is 2.62 bits per heavy atom. The monoisotopic (exact) mass is 363 g/mol. The van der Waals surface area contributed by atoms with Crippen molar-refractivity contribution in [2.45, 2.75) is 32.3 Å². The van der Waals surface area contributed by atoms with Crippen LogP contribution in [0, 0.1) is 20.8 Å². The van der Waals surface area contributed by atoms with Gasteiger partial charge in [-0.15, -0.1) is 0 Å². The lowest BCUT2D eigenvalue weighted by atomic mass is 10.1. The molecule has 1 aromatic heterocycles. The number of anilines is 1. The third-order valence-corrected chi connectivity index (χ3v) is 5.88. The summed E-state index contributed by atoms with van der Waals surface area (Å²) in [6, 6.07) is 13.9. The molecule has 2 heterocycles. The van der Waals surface area contributed by atoms with Gasteiger partial charge in [0.25, 0.3) is 5.91 Å². The molecule has 26 heavy (non-hydrogen) atoms. The second-order valence-corrected chi connectivity index (χ2v) is 7.70. The number of thioether (sulfide) groups is 1. The van der Waals surface area contributed by atoms with Crippen molar-refractivity contribution in [3.8, 4) is 5.69 Å². The maximum atomic E-state index is 12.9. The summed E-state index contributed by atoms with van der Waals surface area (Å²) in [5, 5.41) is 7.91. The van der Waals surface area contributed by atoms with Crippen molar-refractivity contribution in [3.05, 3.63) is 76.0 Å². The highest BCUT2D eigenvalue weighted by Crippen LogP contribution is 2.36. The Balaban J connectivity index is 1.77. The molecule has 0 atom stereocenters. The minimum absolute atomic E-state index is 0.0900. The van der Waals surface area contributed by atoms with Gasteiger partial charge in [0.05, 0.1) is 11.4 Å². The van der Waals surface area contributed by atoms with Gasteiger partial charge in [-0.2, -0.15) is 16.9 Å². The van der Waals surface area contributed by atoms with Crippen molar-refractivity contribution < 1.29 is 4.79 Å². The molecule has 1 N–H and O–H groups in total. The van der Waals surface area contributed by atoms with Gasteiger partial charge < -0.3 is 5.32 Å². The second-order valence-electron chi connectivity index (χ2n) is 6.72. The van der Waals surface area contributed by atoms with Gasteiger partial charge in [0.2, 0.25) is 0 Å². The summed E-state index contributed by atoms with van der Waals surface area (Å²) in [6.07, 6.45) is 0. The lowest BCUT2D eigenvalue weighted by Crippen LogP contribution is -2.17. The minimum atomic E-state index is -0.0900. The van der Waals surface area contributed by atoms with E-state index in [9.17, 15) is 4.79 Å². The van der Waals surface area contributed by atoms with Crippen LogP contribution < -0.4 is 5.32 Å². The zero-order valence-electron chi connectivity index (χ0n) is 15.2. The van der Waals surface area contributed by atoms with Crippen LogP contribution in [-0.4, -0.2) is 15.7 Å². The summed E-state index contributed by atoms with van der Waals surface area (Å²) in [5.41, 5.74) is 7.29. The summed E-state index contributed by atoms with van der Waals surface area (Å²) in [7, 11) is 0. The summed E-state index contributed by atoms with van der Waals surface area (Å²) < 4.78 is 1.88. The van der Waals surface area contributed by atoms with E-state index in [0.717, 1.165) is 39.8 Å². The molecule has 0 saturated carbocycles. The highest BCUT2D eigenvalue weighted by molar-refractivity contribution is 7.98. The summed E-state index contributed by atoms with van der Waals surface area (Å²) in [6.45, 7) is 6.15. The van der Waals surface area contributed by atoms with Crippen LogP contribution in [0.25, 0.3) is 5.69 Å². The number of hydrogen-bond donors (Lipinski definition) is 1. The number of nitrogens with one attached hydrogen (secondary N) is 1. The number of amides is 1. The predicted molar refractivity (Wildman–Crippen MR) is 107 cm³/mol. The van der Waals surface area contributed by atoms with Gasteiger partial charge in [0.15, 0.2) is 0 Å². The molecule has 5 heteroatoms. The lowest BCUT2D eigenvalue weighted by Gasteiger charge is -2.13. The maximum Gasteiger partial charge on any atom is 0.257 e. The molecule has 0 aliphatic carbocycles. The number of benzene rings is 2. The molecule has 0 spiro atoms. The van der Waals surface area contributed by atoms with E-state index in [1.54, 1.807) is 0 Å². The molecule has 0 fully saturated rings. The van der Waals surface area contributed by atoms with E-state index in [2.05, 4.69) is 37.4 Å². The predicted octanol–water partition coefficient (Wildman–Crippen LogP) is 4.80. The van der Waals surface area contributed by atoms with E-state index in [1.807, 2.05) is 47.6 Å². The summed E-state index contributed by atoms with van der Waals surface area (Å²) >= 11 is 1.83. The van der Waals surface area contributed by atoms with Crippen molar-refractivity contribution >= 4 is 23.5 Å². The first kappa shape index (κ1) is 16.9. The summed E-state index contributed by atoms with van der Waals surface area (Å²) in [4.78, 5) is 12.9. The average Bonchev–Trinajstić information content (AvgIpc) is 3.20. The standard InChI is InChI=1S/C21H21N3OS/c1-13-8-9-16(10-15(13)3)24-20(18-11-26-12-19(18)23-24)22-21(25)17-7-5-4-6-14(17)2/h4-10H,11-12H2,1-3H3,(H,22,25). The van der Waals surface area contributed by atoms with Crippen LogP contribution >= 0.6 is 11.8 Å². The number of aromatic nitrogens is 2. The molecular weight excluding hydrogens is 342 g/mol. The average molecular weight is 363 g/mol. The third kappa shape index (κ3) is 2.92. The van der Waals surface area contributed by atoms with Crippen LogP contribution in [0.3, 0.4) is 0 Å². The Hall–Kier alpha value is -2.53. The lowest BCUT2D eigenvalue weighted by molar-refractivity contribution is 0.102. The van der Waals surface area contributed by atoms with Crippen LogP contribution in [0.1, 0.15) is 38.3 Å². The van der Waals surface area contributed by atoms with Gasteiger partial charge in [0.1, 0.15) is 5.82 Å². The number of nitrogens with zero attached hydrogens (tertiary/aromatic N) is 2. The van der Waals surface area contributed by atoms with Crippen molar-refractivity contribution in [2.75, 3.05) is 5.32 Å². The zero-order valence-corrected chi connectivity index (χ0v) is 16.0. The summed E-state index contributed by atoms with van der Waals surface area (Å²) in [5.74, 6) is 2.47. The number of hydrogen-bond acceptors (Lipinski definition) is 3. The Labute approximate surface area is 157 Å². The third-order valence-electron chi connectivity index (χ3n) is 4.91. The molecule has 1 amide bonds. The minimum Gasteiger partial charge on any atom is -0.306 e. The molecule has 3 aromatic rings. The van der Waals surface area contributed by atoms with Crippen LogP contribution in [-0.2, 0) is 11.5 Å². The number of carbonyl (C=O) groups excluding carboxylic acids is 1. The van der Waals surface area contributed by atoms with Gasteiger partial charge >= 0.3 is 0 Å². The normalized spacial score (nSPS) is 12.9. The highest BCUT2D eigenvalue weighted by atomic mass is 32.2. The SMILES string of the molecule is Cc1ccc(-n2nc3c(c2NC(=O)c2ccccc2C)CSC3)cc1C. The number of fused-ring (bicyclic) bond motifs is 1. The van der Waals surface area contributed by atoms with E-state index in [0.29, 0.717) is 5.56 Å². The topological polar surface area (TPSA) is 46.9 Å². The fourth-order valence-electron chi connectivity index (χ4n) is 3.19. The fourth-order valence-corrected chi connectivity index (χ4v) is 4.22. The van der Waals surface area contributed by atoms with E-state index in [1.165, 1.54) is 11.1 Å². The Morgan fingerprint density at radius 2 is 1.85 bits per heavy atom. The van der Waals surface area contributed by atoms with Crippen molar-refractivity contribution in [1.82, 2.24) is 9.78 Å². The molecule has 4 nitrogen and oxygen atoms in total. The van der Waals surface area contributed by atoms with Gasteiger partial charge in [-0.3, -0.25) is 4.79 Å². The van der Waals surface area contributed by atoms with Crippen LogP contribution in [0.5, 0.6) is 0 Å². The van der Waals surface area contributed by atoms with E-state index < -0.39 is 0 Å². The molecule has 0 radical (unpaired) electrons. The quantitative estimate of drug-likeness (QED) is 0.727. The molecule has 0 saturated heterocycles. The molecule has 0 bridgehead atoms. The van der Waals surface area contributed by atoms with Crippen LogP contribution in [0.2, 0.25) is 0 Å². The molecule has 2 aromatic carbocycles. The number of aryl methyl sites for hydroxylation is 3. The largest absolute Gasteiger partial charge is 0.306 e. The smallest absolute Gasteiger partial charge is 0.257 e. The van der Waals surface area contributed by atoms with E-state index in [4.69, 9.17) is 5.10 Å². The fraction of sp³-hybridized carbons (Fsp3) is 0.238. The first-order valence-electron chi connectivity index (χ1n) is 8.67. The van der Waals surface area contributed by atoms with Crippen molar-refractivity contribution in [2.24, 2.45) is 0 Å². The van der Waals surface area contributed by atoms with Gasteiger partial charge in [-0.25, -0.2) is 4.68 Å². The van der Waals surface area contributed by atoms with Gasteiger partial charge in [-0.1, -0.05) is 24.3 Å². The molecule has 4 rings (SSSR count). The Kier molecular flexibility index (Phi) is 4.32. The van der Waals surface area contributed by atoms with E-state index in [-0.39, 0.29) is 5.91 Å². The first-order chi connectivity index (χ1) is 12.5. The number of carbonyl (C=O) groups is 1. The maximum absolute atomic E-state index is 12.9. The van der Waals surface area contributed by atoms with Crippen molar-refractivity contribution in [1.29, 1.82) is 0 Å². The zero-order chi connectivity index (χ0) is 18.3. The van der Waals surface area contributed by atoms with Gasteiger partial charge in [0, 0.05) is 22.6 Å². The molecule has 1 aliphatic rings. The van der Waals surface area contributed by atoms with E-state index >= 15 is 0 Å². The molecular formula is C21H21N3OS. The first-order valence-corrected chi connectivity index (χ1v) is 9.83. The van der Waals surface area contributed by atoms with Crippen LogP contribution in [0.15, 0.2) is 42.5 Å². The molecule has 1 aliphatic heterocycles. The molecule has 0 unspecified atom stereocenters. The highest BCUT2D eigenvalue weighted by Gasteiger charge is 2.25.